The minimum atomic E-state index is -0.674. The van der Waals surface area contributed by atoms with Crippen LogP contribution in [0.1, 0.15) is 30.0 Å². The molecule has 0 aliphatic carbocycles. The van der Waals surface area contributed by atoms with Crippen LogP contribution in [-0.2, 0) is 9.59 Å². The van der Waals surface area contributed by atoms with E-state index in [1.165, 1.54) is 0 Å². The molecule has 1 atom stereocenters. The van der Waals surface area contributed by atoms with Gasteiger partial charge in [0.1, 0.15) is 5.76 Å². The van der Waals surface area contributed by atoms with Crippen molar-refractivity contribution in [1.82, 2.24) is 9.80 Å². The molecule has 5 rings (SSSR count). The first kappa shape index (κ1) is 21.0. The van der Waals surface area contributed by atoms with Crippen LogP contribution in [0.2, 0.25) is 0 Å². The summed E-state index contributed by atoms with van der Waals surface area (Å²) >= 11 is 3.48. The first-order chi connectivity index (χ1) is 15.5. The van der Waals surface area contributed by atoms with Gasteiger partial charge in [0.15, 0.2) is 11.5 Å². The molecule has 7 nitrogen and oxygen atoms in total. The number of hydrogen-bond donors (Lipinski definition) is 1. The fourth-order valence-corrected chi connectivity index (χ4v) is 5.01. The van der Waals surface area contributed by atoms with Gasteiger partial charge in [0.2, 0.25) is 6.79 Å². The summed E-state index contributed by atoms with van der Waals surface area (Å²) in [4.78, 5) is 30.1. The van der Waals surface area contributed by atoms with Crippen molar-refractivity contribution in [2.45, 2.75) is 18.9 Å². The third-order valence-electron chi connectivity index (χ3n) is 6.21. The lowest BCUT2D eigenvalue weighted by Gasteiger charge is -2.27. The monoisotopic (exact) mass is 498 g/mol. The number of aliphatic hydroxyl groups is 1. The van der Waals surface area contributed by atoms with Gasteiger partial charge in [-0.3, -0.25) is 9.59 Å². The van der Waals surface area contributed by atoms with Crippen LogP contribution in [0.4, 0.5) is 0 Å². The largest absolute Gasteiger partial charge is 0.507 e. The maximum Gasteiger partial charge on any atom is 0.295 e. The van der Waals surface area contributed by atoms with Crippen molar-refractivity contribution in [3.63, 3.8) is 0 Å². The van der Waals surface area contributed by atoms with E-state index in [2.05, 4.69) is 20.8 Å². The van der Waals surface area contributed by atoms with Crippen LogP contribution in [0.3, 0.4) is 0 Å². The van der Waals surface area contributed by atoms with Gasteiger partial charge < -0.3 is 24.4 Å². The minimum Gasteiger partial charge on any atom is -0.507 e. The number of halogens is 1. The Balaban J connectivity index is 1.56. The van der Waals surface area contributed by atoms with E-state index in [1.807, 2.05) is 24.3 Å². The summed E-state index contributed by atoms with van der Waals surface area (Å²) in [5, 5.41) is 11.2. The molecule has 0 aromatic heterocycles. The molecular formula is C24H23BrN2O5. The quantitative estimate of drug-likeness (QED) is 0.384. The maximum atomic E-state index is 13.1. The molecule has 2 fully saturated rings. The van der Waals surface area contributed by atoms with E-state index in [4.69, 9.17) is 9.47 Å². The topological polar surface area (TPSA) is 79.3 Å². The van der Waals surface area contributed by atoms with E-state index in [0.717, 1.165) is 36.0 Å². The first-order valence-electron chi connectivity index (χ1n) is 10.7. The Bertz CT molecular complexity index is 1110. The predicted molar refractivity (Wildman–Crippen MR) is 121 cm³/mol. The highest BCUT2D eigenvalue weighted by atomic mass is 79.9. The molecule has 1 N–H and O–H groups in total. The van der Waals surface area contributed by atoms with E-state index in [1.54, 1.807) is 23.1 Å². The van der Waals surface area contributed by atoms with Gasteiger partial charge >= 0.3 is 0 Å². The average Bonchev–Trinajstić information content (AvgIpc) is 3.52. The molecule has 32 heavy (non-hydrogen) atoms. The Morgan fingerprint density at radius 2 is 1.81 bits per heavy atom. The van der Waals surface area contributed by atoms with Crippen LogP contribution in [0, 0.1) is 0 Å². The van der Waals surface area contributed by atoms with Gasteiger partial charge in [-0.25, -0.2) is 0 Å². The zero-order valence-corrected chi connectivity index (χ0v) is 19.0. The number of ketones is 1. The van der Waals surface area contributed by atoms with Crippen molar-refractivity contribution in [3.05, 3.63) is 63.6 Å². The minimum absolute atomic E-state index is 0.0911. The molecule has 0 radical (unpaired) electrons. The number of Topliss-reactive ketones (excluding diaryl/α,β-unsaturated/α-hetero) is 1. The highest BCUT2D eigenvalue weighted by molar-refractivity contribution is 9.10. The summed E-state index contributed by atoms with van der Waals surface area (Å²) in [5.41, 5.74) is 1.27. The molecule has 0 bridgehead atoms. The van der Waals surface area contributed by atoms with E-state index in [9.17, 15) is 14.7 Å². The molecule has 3 heterocycles. The lowest BCUT2D eigenvalue weighted by Crippen LogP contribution is -2.37. The molecule has 2 aromatic carbocycles. The third kappa shape index (κ3) is 3.78. The summed E-state index contributed by atoms with van der Waals surface area (Å²) < 4.78 is 11.6. The molecule has 3 aliphatic heterocycles. The molecular weight excluding hydrogens is 476 g/mol. The third-order valence-corrected chi connectivity index (χ3v) is 6.70. The predicted octanol–water partition coefficient (Wildman–Crippen LogP) is 3.70. The number of likely N-dealkylation sites (tertiary alicyclic amines) is 2. The fourth-order valence-electron chi connectivity index (χ4n) is 4.59. The number of ether oxygens (including phenoxy) is 2. The highest BCUT2D eigenvalue weighted by Gasteiger charge is 2.46. The Hall–Kier alpha value is -2.84. The van der Waals surface area contributed by atoms with Gasteiger partial charge in [0, 0.05) is 23.1 Å². The second-order valence-corrected chi connectivity index (χ2v) is 9.08. The molecule has 166 valence electrons. The number of rotatable bonds is 5. The lowest BCUT2D eigenvalue weighted by molar-refractivity contribution is -0.140. The van der Waals surface area contributed by atoms with E-state index >= 15 is 0 Å². The van der Waals surface area contributed by atoms with Crippen LogP contribution in [-0.4, -0.2) is 59.6 Å². The van der Waals surface area contributed by atoms with Gasteiger partial charge in [0.25, 0.3) is 11.7 Å². The SMILES string of the molecule is O=C1C(=O)N(CCN2CCCC2)C(c2cccc(Br)c2)/C1=C(\O)c1ccc2c(c1)OCO2. The summed E-state index contributed by atoms with van der Waals surface area (Å²) in [6, 6.07) is 11.8. The molecule has 1 amide bonds. The lowest BCUT2D eigenvalue weighted by atomic mass is 9.95. The summed E-state index contributed by atoms with van der Waals surface area (Å²) in [7, 11) is 0. The molecule has 2 aromatic rings. The van der Waals surface area contributed by atoms with Crippen molar-refractivity contribution in [2.24, 2.45) is 0 Å². The van der Waals surface area contributed by atoms with Gasteiger partial charge in [-0.1, -0.05) is 28.1 Å². The van der Waals surface area contributed by atoms with E-state index in [0.29, 0.717) is 30.2 Å². The average molecular weight is 499 g/mol. The second-order valence-electron chi connectivity index (χ2n) is 8.16. The smallest absolute Gasteiger partial charge is 0.295 e. The summed E-state index contributed by atoms with van der Waals surface area (Å²) in [6.07, 6.45) is 2.30. The molecule has 3 aliphatic rings. The van der Waals surface area contributed by atoms with Gasteiger partial charge in [0.05, 0.1) is 11.6 Å². The van der Waals surface area contributed by atoms with Crippen molar-refractivity contribution in [1.29, 1.82) is 0 Å². The molecule has 0 saturated carbocycles. The Labute approximate surface area is 194 Å². The van der Waals surface area contributed by atoms with Crippen LogP contribution in [0.5, 0.6) is 11.5 Å². The number of nitrogens with zero attached hydrogens (tertiary/aromatic N) is 2. The van der Waals surface area contributed by atoms with Gasteiger partial charge in [-0.05, 0) is 61.8 Å². The fraction of sp³-hybridized carbons (Fsp3) is 0.333. The molecule has 0 spiro atoms. The number of hydrogen-bond acceptors (Lipinski definition) is 6. The zero-order chi connectivity index (χ0) is 22.2. The molecule has 8 heteroatoms. The Morgan fingerprint density at radius 3 is 2.59 bits per heavy atom. The number of benzene rings is 2. The number of aliphatic hydroxyl groups excluding tert-OH is 1. The van der Waals surface area contributed by atoms with Crippen molar-refractivity contribution >= 4 is 33.4 Å². The maximum absolute atomic E-state index is 13.1. The van der Waals surface area contributed by atoms with Crippen molar-refractivity contribution in [2.75, 3.05) is 33.0 Å². The summed E-state index contributed by atoms with van der Waals surface area (Å²) in [6.45, 7) is 3.23. The van der Waals surface area contributed by atoms with Crippen LogP contribution in [0.15, 0.2) is 52.5 Å². The molecule has 2 saturated heterocycles. The van der Waals surface area contributed by atoms with E-state index in [-0.39, 0.29) is 18.1 Å². The van der Waals surface area contributed by atoms with Crippen LogP contribution >= 0.6 is 15.9 Å². The second kappa shape index (κ2) is 8.60. The number of amides is 1. The molecule has 1 unspecified atom stereocenters. The van der Waals surface area contributed by atoms with Gasteiger partial charge in [-0.2, -0.15) is 0 Å². The van der Waals surface area contributed by atoms with Crippen molar-refractivity contribution < 1.29 is 24.2 Å². The number of carbonyl (C=O) groups is 2. The number of fused-ring (bicyclic) bond motifs is 1. The van der Waals surface area contributed by atoms with E-state index < -0.39 is 17.7 Å². The zero-order valence-electron chi connectivity index (χ0n) is 17.4. The van der Waals surface area contributed by atoms with Crippen LogP contribution in [0.25, 0.3) is 5.76 Å². The normalized spacial score (nSPS) is 22.2. The Morgan fingerprint density at radius 1 is 1.03 bits per heavy atom. The Kier molecular flexibility index (Phi) is 5.65. The van der Waals surface area contributed by atoms with Gasteiger partial charge in [-0.15, -0.1) is 0 Å². The standard InChI is InChI=1S/C24H23BrN2O5/c25-17-5-3-4-15(12-17)21-20(22(28)16-6-7-18-19(13-16)32-14-31-18)23(29)24(30)27(21)11-10-26-8-1-2-9-26/h3-7,12-13,21,28H,1-2,8-11,14H2/b22-20+. The van der Waals surface area contributed by atoms with Crippen molar-refractivity contribution in [3.8, 4) is 11.5 Å². The summed E-state index contributed by atoms with van der Waals surface area (Å²) in [5.74, 6) is -0.397. The van der Waals surface area contributed by atoms with Crippen LogP contribution < -0.4 is 9.47 Å². The first-order valence-corrected chi connectivity index (χ1v) is 11.5. The highest BCUT2D eigenvalue weighted by Crippen LogP contribution is 2.41. The number of carbonyl (C=O) groups excluding carboxylic acids is 2.